The molecule has 2 fully saturated rings. The molecule has 238 valence electrons. The van der Waals surface area contributed by atoms with Gasteiger partial charge in [0, 0.05) is 41.0 Å². The Balaban J connectivity index is 1.28. The van der Waals surface area contributed by atoms with Crippen LogP contribution in [0.3, 0.4) is 0 Å². The van der Waals surface area contributed by atoms with Gasteiger partial charge in [-0.05, 0) is 44.2 Å². The second-order valence-corrected chi connectivity index (χ2v) is 11.4. The molecule has 0 aromatic carbocycles. The number of hydrogen-bond acceptors (Lipinski definition) is 9. The fourth-order valence-corrected chi connectivity index (χ4v) is 5.80. The molecule has 0 radical (unpaired) electrons. The highest BCUT2D eigenvalue weighted by atomic mass is 19.4. The number of carbonyl (C=O) groups excluding carboxylic acids is 1. The number of carbonyl (C=O) groups is 1. The molecule has 2 atom stereocenters. The average Bonchev–Trinajstić information content (AvgIpc) is 3.35. The maximum atomic E-state index is 13.6. The first-order valence-electron chi connectivity index (χ1n) is 16.2. The van der Waals surface area contributed by atoms with Gasteiger partial charge < -0.3 is 15.4 Å². The van der Waals surface area contributed by atoms with Crippen LogP contribution >= 0.6 is 0 Å². The molecule has 14 nitrogen and oxygen atoms in total. The Bertz CT molecular complexity index is 2270. The molecule has 7 rings (SSSR count). The number of aromatic nitrogens is 8. The topological polar surface area (TPSA) is 162 Å². The number of amides is 1. The number of alkyl halides is 3. The van der Waals surface area contributed by atoms with Gasteiger partial charge in [-0.1, -0.05) is 0 Å². The molecule has 2 aliphatic rings. The lowest BCUT2D eigenvalue weighted by Gasteiger charge is -2.14. The summed E-state index contributed by atoms with van der Waals surface area (Å²) in [5.41, 5.74) is -0.380. The minimum atomic E-state index is -4.75. The van der Waals surface area contributed by atoms with Crippen LogP contribution in [0.4, 0.5) is 29.6 Å². The van der Waals surface area contributed by atoms with E-state index in [-0.39, 0.29) is 69.9 Å². The summed E-state index contributed by atoms with van der Waals surface area (Å²) in [6, 6.07) is 4.89. The van der Waals surface area contributed by atoms with Crippen LogP contribution < -0.4 is 16.3 Å². The standard InChI is InChI=1S/C29H28F3N11O3/c1-40-21-12-34-23(10-20(21)43(27(40)45)18-4-3-17(9-18)36-26(44)46-2)37-22-6-5-19-25(38-22)24(16-11-35-42(13-16)29(30,31)32)39-41(19)15-28(14-33)7-8-28/h5-6,10-13,17-18H,3-4,7-9,15H2,1-2H3,(H,36,44)(H,34,37,38)/t17?,18-/m1/s1/i1D3,17D. The Hall–Kier alpha value is -5.40. The Morgan fingerprint density at radius 2 is 2.07 bits per heavy atom. The Labute approximate surface area is 264 Å². The predicted molar refractivity (Wildman–Crippen MR) is 158 cm³/mol. The van der Waals surface area contributed by atoms with Gasteiger partial charge in [0.25, 0.3) is 0 Å². The monoisotopic (exact) mass is 639 g/mol. The molecule has 1 unspecified atom stereocenters. The molecule has 2 saturated carbocycles. The molecule has 0 spiro atoms. The molecule has 1 amide bonds. The van der Waals surface area contributed by atoms with E-state index in [4.69, 9.17) is 5.48 Å². The van der Waals surface area contributed by atoms with Gasteiger partial charge in [-0.3, -0.25) is 13.8 Å². The van der Waals surface area contributed by atoms with Crippen molar-refractivity contribution < 1.29 is 28.2 Å². The number of fused-ring (bicyclic) bond motifs is 2. The number of ether oxygens (including phenoxy) is 1. The number of nitriles is 1. The molecular weight excluding hydrogens is 607 g/mol. The zero-order valence-corrected chi connectivity index (χ0v) is 24.2. The summed E-state index contributed by atoms with van der Waals surface area (Å²) in [4.78, 5) is 34.4. The quantitative estimate of drug-likeness (QED) is 0.264. The van der Waals surface area contributed by atoms with E-state index in [1.807, 2.05) is 0 Å². The Kier molecular flexibility index (Phi) is 5.73. The van der Waals surface area contributed by atoms with Crippen LogP contribution in [0.2, 0.25) is 0 Å². The zero-order chi connectivity index (χ0) is 35.8. The molecule has 0 bridgehead atoms. The van der Waals surface area contributed by atoms with Crippen molar-refractivity contribution in [2.45, 2.75) is 57.0 Å². The van der Waals surface area contributed by atoms with Crippen molar-refractivity contribution in [1.29, 1.82) is 5.26 Å². The van der Waals surface area contributed by atoms with E-state index in [1.165, 1.54) is 23.9 Å². The summed E-state index contributed by atoms with van der Waals surface area (Å²) in [6.07, 6.45) is -0.743. The van der Waals surface area contributed by atoms with Crippen molar-refractivity contribution in [2.24, 2.45) is 12.4 Å². The number of aryl methyl sites for hydroxylation is 1. The smallest absolute Gasteiger partial charge is 0.453 e. The molecule has 17 heteroatoms. The Morgan fingerprint density at radius 3 is 2.76 bits per heavy atom. The number of imidazole rings is 1. The van der Waals surface area contributed by atoms with Crippen molar-refractivity contribution in [2.75, 3.05) is 12.4 Å². The predicted octanol–water partition coefficient (Wildman–Crippen LogP) is 4.32. The van der Waals surface area contributed by atoms with Gasteiger partial charge in [-0.15, -0.1) is 13.2 Å². The number of hydrogen-bond donors (Lipinski definition) is 2. The fraction of sp³-hybridized carbons (Fsp3) is 0.414. The van der Waals surface area contributed by atoms with Crippen molar-refractivity contribution >= 4 is 39.8 Å². The highest BCUT2D eigenvalue weighted by Crippen LogP contribution is 2.47. The minimum Gasteiger partial charge on any atom is -0.453 e. The SMILES string of the molecule is [2H]C1(NC(=O)OC)CC[C@@H](n2c(=O)n(C([2H])([2H])[2H])c3cnc(Nc4ccc5c(n4)c(-c4cnn(C(F)(F)F)c4)nn5CC4(C#N)CC4)cc32)C1. The van der Waals surface area contributed by atoms with Gasteiger partial charge in [0.2, 0.25) is 0 Å². The number of alkyl carbamates (subject to hydrolysis) is 1. The minimum absolute atomic E-state index is 0.00377. The van der Waals surface area contributed by atoms with Crippen LogP contribution in [0.15, 0.2) is 41.6 Å². The second kappa shape index (κ2) is 10.6. The van der Waals surface area contributed by atoms with E-state index in [9.17, 15) is 28.0 Å². The number of rotatable bonds is 7. The first-order valence-corrected chi connectivity index (χ1v) is 14.2. The van der Waals surface area contributed by atoms with Crippen LogP contribution in [-0.4, -0.2) is 57.9 Å². The lowest BCUT2D eigenvalue weighted by molar-refractivity contribution is -0.212. The number of nitrogens with one attached hydrogen (secondary N) is 2. The van der Waals surface area contributed by atoms with E-state index in [2.05, 4.69) is 41.6 Å². The summed E-state index contributed by atoms with van der Waals surface area (Å²) >= 11 is 0. The van der Waals surface area contributed by atoms with Crippen LogP contribution in [0, 0.1) is 16.7 Å². The summed E-state index contributed by atoms with van der Waals surface area (Å²) in [7, 11) is 1.17. The molecule has 46 heavy (non-hydrogen) atoms. The number of halogens is 3. The normalized spacial score (nSPS) is 22.1. The van der Waals surface area contributed by atoms with Crippen LogP contribution in [0.5, 0.6) is 0 Å². The van der Waals surface area contributed by atoms with E-state index in [1.54, 1.807) is 16.8 Å². The number of anilines is 2. The summed E-state index contributed by atoms with van der Waals surface area (Å²) < 4.78 is 80.8. The third-order valence-corrected chi connectivity index (χ3v) is 8.36. The molecule has 2 N–H and O–H groups in total. The Morgan fingerprint density at radius 1 is 1.24 bits per heavy atom. The van der Waals surface area contributed by atoms with E-state index in [0.29, 0.717) is 22.9 Å². The highest BCUT2D eigenvalue weighted by Gasteiger charge is 2.44. The maximum absolute atomic E-state index is 13.6. The van der Waals surface area contributed by atoms with Crippen molar-refractivity contribution in [3.8, 4) is 17.3 Å². The second-order valence-electron chi connectivity index (χ2n) is 11.4. The first-order chi connectivity index (χ1) is 23.5. The zero-order valence-electron chi connectivity index (χ0n) is 28.2. The molecule has 5 aromatic heterocycles. The number of pyridine rings is 2. The van der Waals surface area contributed by atoms with Crippen molar-refractivity contribution in [1.82, 2.24) is 44.0 Å². The number of nitrogens with zero attached hydrogens (tertiary/aromatic N) is 9. The molecular formula is C29H28F3N11O3. The fourth-order valence-electron chi connectivity index (χ4n) is 5.80. The van der Waals surface area contributed by atoms with Gasteiger partial charge in [0.1, 0.15) is 22.8 Å². The van der Waals surface area contributed by atoms with Gasteiger partial charge in [0.05, 0.1) is 55.5 Å². The van der Waals surface area contributed by atoms with Gasteiger partial charge >= 0.3 is 18.1 Å². The number of methoxy groups -OCH3 is 1. The van der Waals surface area contributed by atoms with E-state index >= 15 is 0 Å². The lowest BCUT2D eigenvalue weighted by atomic mass is 10.1. The van der Waals surface area contributed by atoms with Gasteiger partial charge in [-0.25, -0.2) is 19.6 Å². The third kappa shape index (κ3) is 5.08. The van der Waals surface area contributed by atoms with E-state index < -0.39 is 42.5 Å². The van der Waals surface area contributed by atoms with E-state index in [0.717, 1.165) is 12.4 Å². The molecule has 5 aromatic rings. The summed E-state index contributed by atoms with van der Waals surface area (Å²) in [5, 5.41) is 23.1. The highest BCUT2D eigenvalue weighted by molar-refractivity contribution is 5.91. The van der Waals surface area contributed by atoms with Crippen LogP contribution in [0.25, 0.3) is 33.3 Å². The van der Waals surface area contributed by atoms with Gasteiger partial charge in [-0.2, -0.15) is 20.1 Å². The average molecular weight is 640 g/mol. The molecule has 2 aliphatic carbocycles. The molecule has 5 heterocycles. The van der Waals surface area contributed by atoms with Crippen molar-refractivity contribution in [3.63, 3.8) is 0 Å². The largest absolute Gasteiger partial charge is 0.504 e. The first kappa shape index (κ1) is 24.9. The molecule has 0 aliphatic heterocycles. The lowest BCUT2D eigenvalue weighted by Crippen LogP contribution is -2.33. The van der Waals surface area contributed by atoms with Gasteiger partial charge in [0.15, 0.2) is 0 Å². The maximum Gasteiger partial charge on any atom is 0.504 e. The third-order valence-electron chi connectivity index (χ3n) is 8.36. The van der Waals surface area contributed by atoms with Crippen LogP contribution in [-0.2, 0) is 24.6 Å². The molecule has 0 saturated heterocycles. The van der Waals surface area contributed by atoms with Crippen LogP contribution in [0.1, 0.15) is 43.6 Å². The summed E-state index contributed by atoms with van der Waals surface area (Å²) in [5.74, 6) is 0.358. The van der Waals surface area contributed by atoms with Crippen molar-refractivity contribution in [3.05, 3.63) is 47.3 Å². The summed E-state index contributed by atoms with van der Waals surface area (Å²) in [6.45, 7) is -2.64.